The molecule has 0 N–H and O–H groups in total. The normalized spacial score (nSPS) is 18.5. The molecule has 5 aromatic rings. The van der Waals surface area contributed by atoms with Crippen LogP contribution in [0, 0.1) is 5.92 Å². The van der Waals surface area contributed by atoms with Gasteiger partial charge in [0.15, 0.2) is 23.0 Å². The highest BCUT2D eigenvalue weighted by Crippen LogP contribution is 2.43. The number of aliphatic imine (C=N–C) groups is 2. The lowest BCUT2D eigenvalue weighted by molar-refractivity contribution is -0.122. The number of hydrogen-bond acceptors (Lipinski definition) is 10. The van der Waals surface area contributed by atoms with Crippen LogP contribution < -0.4 is 33.5 Å². The van der Waals surface area contributed by atoms with Crippen molar-refractivity contribution in [3.63, 3.8) is 0 Å². The second-order valence-electron chi connectivity index (χ2n) is 16.4. The zero-order chi connectivity index (χ0) is 43.0. The van der Waals surface area contributed by atoms with E-state index in [2.05, 4.69) is 0 Å². The first-order valence-electron chi connectivity index (χ1n) is 21.4. The number of Topliss-reactive ketones (excluding diaryl/α,β-unsaturated/α-hetero) is 1. The van der Waals surface area contributed by atoms with E-state index in [1.807, 2.05) is 91.3 Å². The van der Waals surface area contributed by atoms with Crippen LogP contribution in [0.15, 0.2) is 113 Å². The van der Waals surface area contributed by atoms with E-state index in [1.165, 1.54) is 0 Å². The van der Waals surface area contributed by atoms with E-state index in [-0.39, 0.29) is 48.8 Å². The maximum Gasteiger partial charge on any atom is 0.261 e. The Morgan fingerprint density at radius 3 is 1.67 bits per heavy atom. The fourth-order valence-corrected chi connectivity index (χ4v) is 8.97. The molecule has 0 saturated heterocycles. The second kappa shape index (κ2) is 16.9. The maximum absolute atomic E-state index is 14.0. The van der Waals surface area contributed by atoms with Gasteiger partial charge in [0.2, 0.25) is 0 Å². The number of anilines is 2. The van der Waals surface area contributed by atoms with Crippen LogP contribution in [-0.2, 0) is 30.8 Å². The number of benzene rings is 5. The Morgan fingerprint density at radius 1 is 0.651 bits per heavy atom. The number of nitrogens with zero attached hydrogens (tertiary/aromatic N) is 4. The molecule has 3 atom stereocenters. The highest BCUT2D eigenvalue weighted by molar-refractivity contribution is 6.15. The van der Waals surface area contributed by atoms with Crippen LogP contribution in [0.5, 0.6) is 28.7 Å². The summed E-state index contributed by atoms with van der Waals surface area (Å²) in [6, 6.07) is 28.2. The average molecular weight is 843 g/mol. The molecule has 0 radical (unpaired) electrons. The maximum atomic E-state index is 14.0. The molecule has 4 heterocycles. The highest BCUT2D eigenvalue weighted by Gasteiger charge is 2.38. The second-order valence-corrected chi connectivity index (χ2v) is 16.4. The van der Waals surface area contributed by atoms with Crippen molar-refractivity contribution in [2.75, 3.05) is 30.6 Å². The summed E-state index contributed by atoms with van der Waals surface area (Å²) in [6.07, 6.45) is 11.9. The monoisotopic (exact) mass is 842 g/mol. The van der Waals surface area contributed by atoms with Crippen molar-refractivity contribution < 1.29 is 38.1 Å². The van der Waals surface area contributed by atoms with E-state index in [0.717, 1.165) is 52.9 Å². The van der Waals surface area contributed by atoms with Crippen molar-refractivity contribution in [2.45, 2.75) is 63.8 Å². The van der Waals surface area contributed by atoms with Gasteiger partial charge in [-0.2, -0.15) is 0 Å². The molecule has 0 saturated carbocycles. The van der Waals surface area contributed by atoms with Crippen LogP contribution >= 0.6 is 0 Å². The molecule has 2 amide bonds. The van der Waals surface area contributed by atoms with E-state index >= 15 is 0 Å². The van der Waals surface area contributed by atoms with Gasteiger partial charge in [0.1, 0.15) is 24.7 Å². The minimum Gasteiger partial charge on any atom is -0.494 e. The fraction of sp³-hybridized carbons (Fsp3) is 0.275. The minimum absolute atomic E-state index is 0.0611. The van der Waals surface area contributed by atoms with Crippen LogP contribution in [0.4, 0.5) is 22.7 Å². The van der Waals surface area contributed by atoms with E-state index in [4.69, 9.17) is 33.7 Å². The number of carbonyl (C=O) groups is 3. The van der Waals surface area contributed by atoms with Crippen molar-refractivity contribution in [3.05, 3.63) is 137 Å². The summed E-state index contributed by atoms with van der Waals surface area (Å²) >= 11 is 0. The number of ether oxygens (including phenoxy) is 5. The molecule has 1 unspecified atom stereocenters. The van der Waals surface area contributed by atoms with E-state index < -0.39 is 0 Å². The minimum atomic E-state index is -0.182. The molecular weight excluding hydrogens is 797 g/mol. The van der Waals surface area contributed by atoms with Gasteiger partial charge in [-0.25, -0.2) is 0 Å². The number of fused-ring (bicyclic) bond motifs is 8. The summed E-state index contributed by atoms with van der Waals surface area (Å²) in [4.78, 5) is 53.5. The van der Waals surface area contributed by atoms with Gasteiger partial charge in [0, 0.05) is 61.1 Å². The molecule has 12 nitrogen and oxygen atoms in total. The molecule has 12 heteroatoms. The van der Waals surface area contributed by atoms with Gasteiger partial charge >= 0.3 is 0 Å². The SMILES string of the molecule is COc1cc2c(cc1OCc1cc(COc3cc4c(cc3OC)C(=O)N3c5ccccc5C[C@H]3C=N4)cc(OCCCCC(=O)C3C=CC3)c1)N=C[C@@H]1Cc3ccccc3N1C2=O. The van der Waals surface area contributed by atoms with Crippen molar-refractivity contribution >= 4 is 52.8 Å². The van der Waals surface area contributed by atoms with Crippen LogP contribution in [-0.4, -0.2) is 62.9 Å². The Kier molecular flexibility index (Phi) is 10.7. The van der Waals surface area contributed by atoms with E-state index in [9.17, 15) is 14.4 Å². The molecule has 318 valence electrons. The number of unbranched alkanes of at least 4 members (excludes halogenated alkanes) is 1. The molecule has 0 fully saturated rings. The first-order valence-corrected chi connectivity index (χ1v) is 21.4. The van der Waals surface area contributed by atoms with Crippen molar-refractivity contribution in [1.29, 1.82) is 0 Å². The van der Waals surface area contributed by atoms with Crippen molar-refractivity contribution in [3.8, 4) is 28.7 Å². The Hall–Kier alpha value is -7.21. The van der Waals surface area contributed by atoms with Crippen LogP contribution in [0.25, 0.3) is 0 Å². The third-order valence-electron chi connectivity index (χ3n) is 12.3. The fourth-order valence-electron chi connectivity index (χ4n) is 8.97. The summed E-state index contributed by atoms with van der Waals surface area (Å²) in [7, 11) is 3.10. The van der Waals surface area contributed by atoms with Gasteiger partial charge in [-0.05, 0) is 84.0 Å². The van der Waals surface area contributed by atoms with Crippen LogP contribution in [0.3, 0.4) is 0 Å². The zero-order valence-electron chi connectivity index (χ0n) is 35.1. The Labute approximate surface area is 365 Å². The lowest BCUT2D eigenvalue weighted by Crippen LogP contribution is -2.37. The average Bonchev–Trinajstić information content (AvgIpc) is 3.77. The molecule has 1 aliphatic carbocycles. The Bertz CT molecular complexity index is 2580. The first kappa shape index (κ1) is 39.9. The quantitative estimate of drug-likeness (QED) is 0.0755. The number of hydrogen-bond donors (Lipinski definition) is 0. The summed E-state index contributed by atoms with van der Waals surface area (Å²) in [5.41, 5.74) is 7.49. The molecule has 10 rings (SSSR count). The molecule has 63 heavy (non-hydrogen) atoms. The standard InChI is InChI=1S/C51H46N4O8/c1-59-46-23-39-41(52-27-36-21-34-10-3-5-14-43(34)54(36)50(39)57)25-48(46)62-29-31-18-32(20-38(19-31)61-17-8-7-16-45(56)33-12-9-13-33)30-63-49-26-42-40(24-47(49)60-2)51(58)55-37(28-53-42)22-35-11-4-6-15-44(35)55/h3-6,9-12,14-15,18-20,23-28,33,36-37H,7-8,13,16-17,21-22,29-30H2,1-2H3/t33?,36-,37-/m0/s1. The van der Waals surface area contributed by atoms with Gasteiger partial charge in [-0.15, -0.1) is 0 Å². The lowest BCUT2D eigenvalue weighted by atomic mass is 9.89. The summed E-state index contributed by atoms with van der Waals surface area (Å²) in [6.45, 7) is 0.712. The lowest BCUT2D eigenvalue weighted by Gasteiger charge is -2.22. The number of rotatable bonds is 15. The van der Waals surface area contributed by atoms with Gasteiger partial charge in [-0.3, -0.25) is 34.2 Å². The summed E-state index contributed by atoms with van der Waals surface area (Å²) in [5, 5.41) is 0. The molecule has 0 spiro atoms. The number of carbonyl (C=O) groups excluding carboxylic acids is 3. The summed E-state index contributed by atoms with van der Waals surface area (Å²) in [5.74, 6) is 2.37. The van der Waals surface area contributed by atoms with Gasteiger partial charge in [0.05, 0.1) is 55.4 Å². The Balaban J connectivity index is 0.883. The van der Waals surface area contributed by atoms with Crippen molar-refractivity contribution in [2.24, 2.45) is 15.9 Å². The van der Waals surface area contributed by atoms with Gasteiger partial charge in [0.25, 0.3) is 11.8 Å². The molecule has 0 aromatic heterocycles. The van der Waals surface area contributed by atoms with Crippen LogP contribution in [0.1, 0.15) is 68.7 Å². The van der Waals surface area contributed by atoms with E-state index in [0.29, 0.717) is 77.1 Å². The number of amides is 2. The van der Waals surface area contributed by atoms with Crippen molar-refractivity contribution in [1.82, 2.24) is 0 Å². The smallest absolute Gasteiger partial charge is 0.261 e. The van der Waals surface area contributed by atoms with E-state index in [1.54, 1.807) is 48.3 Å². The number of ketones is 1. The molecule has 5 aliphatic rings. The third kappa shape index (κ3) is 7.70. The Morgan fingerprint density at radius 2 is 1.17 bits per heavy atom. The van der Waals surface area contributed by atoms with Gasteiger partial charge in [-0.1, -0.05) is 48.6 Å². The topological polar surface area (TPSA) is 129 Å². The predicted molar refractivity (Wildman–Crippen MR) is 240 cm³/mol. The number of allylic oxidation sites excluding steroid dienone is 2. The third-order valence-corrected chi connectivity index (χ3v) is 12.3. The largest absolute Gasteiger partial charge is 0.494 e. The molecule has 5 aromatic carbocycles. The van der Waals surface area contributed by atoms with Crippen LogP contribution in [0.2, 0.25) is 0 Å². The number of methoxy groups -OCH3 is 2. The highest BCUT2D eigenvalue weighted by atomic mass is 16.5. The molecule has 0 bridgehead atoms. The molecule has 4 aliphatic heterocycles. The zero-order valence-corrected chi connectivity index (χ0v) is 35.1. The first-order chi connectivity index (χ1) is 30.8. The van der Waals surface area contributed by atoms with Gasteiger partial charge < -0.3 is 23.7 Å². The number of para-hydroxylation sites is 2. The predicted octanol–water partition coefficient (Wildman–Crippen LogP) is 9.13. The molecular formula is C51H46N4O8. The summed E-state index contributed by atoms with van der Waals surface area (Å²) < 4.78 is 30.7.